The number of carbonyl (C=O) groups excluding carboxylic acids is 2. The SMILES string of the molecule is COc1cc(/C=C2/SC(=S)N(NC(=O)c3ccc(Br)cc3)C2=O)cc(Br)c1OCCC(C)C. The summed E-state index contributed by atoms with van der Waals surface area (Å²) >= 11 is 13.3. The van der Waals surface area contributed by atoms with E-state index in [1.807, 2.05) is 6.07 Å². The number of benzene rings is 2. The number of rotatable bonds is 8. The van der Waals surface area contributed by atoms with Gasteiger partial charge in [0.15, 0.2) is 15.8 Å². The normalized spacial score (nSPS) is 14.8. The largest absolute Gasteiger partial charge is 0.493 e. The van der Waals surface area contributed by atoms with Gasteiger partial charge in [-0.05, 0) is 88.5 Å². The van der Waals surface area contributed by atoms with Crippen LogP contribution in [0.2, 0.25) is 0 Å². The predicted molar refractivity (Wildman–Crippen MR) is 142 cm³/mol. The van der Waals surface area contributed by atoms with Crippen LogP contribution in [0.4, 0.5) is 0 Å². The Kier molecular flexibility index (Phi) is 8.97. The van der Waals surface area contributed by atoms with Crippen molar-refractivity contribution in [3.05, 3.63) is 61.4 Å². The first-order valence-corrected chi connectivity index (χ1v) is 12.9. The number of thioether (sulfide) groups is 1. The monoisotopic (exact) mass is 612 g/mol. The standard InChI is InChI=1S/C23H22Br2N2O4S2/c1-13(2)8-9-31-20-17(25)10-14(11-18(20)30-3)12-19-22(29)27(23(32)33-19)26-21(28)15-4-6-16(24)7-5-15/h4-7,10-13H,8-9H2,1-3H3,(H,26,28)/b19-12+. The van der Waals surface area contributed by atoms with Gasteiger partial charge in [-0.15, -0.1) is 0 Å². The maximum Gasteiger partial charge on any atom is 0.285 e. The van der Waals surface area contributed by atoms with Crippen LogP contribution < -0.4 is 14.9 Å². The molecule has 1 fully saturated rings. The molecule has 174 valence electrons. The average molecular weight is 614 g/mol. The molecule has 2 aromatic rings. The lowest BCUT2D eigenvalue weighted by Crippen LogP contribution is -2.44. The lowest BCUT2D eigenvalue weighted by Gasteiger charge is -2.15. The van der Waals surface area contributed by atoms with Gasteiger partial charge in [0.2, 0.25) is 0 Å². The van der Waals surface area contributed by atoms with E-state index in [2.05, 4.69) is 51.1 Å². The molecule has 0 bridgehead atoms. The number of halogens is 2. The number of hydrogen-bond acceptors (Lipinski definition) is 6. The second kappa shape index (κ2) is 11.5. The highest BCUT2D eigenvalue weighted by Gasteiger charge is 2.34. The van der Waals surface area contributed by atoms with Crippen molar-refractivity contribution in [2.45, 2.75) is 20.3 Å². The van der Waals surface area contributed by atoms with Gasteiger partial charge in [0, 0.05) is 10.0 Å². The van der Waals surface area contributed by atoms with Crippen molar-refractivity contribution in [1.29, 1.82) is 0 Å². The Morgan fingerprint density at radius 1 is 1.24 bits per heavy atom. The molecule has 0 spiro atoms. The number of nitrogens with one attached hydrogen (secondary N) is 1. The van der Waals surface area contributed by atoms with Crippen LogP contribution in [0.3, 0.4) is 0 Å². The molecule has 0 aliphatic carbocycles. The van der Waals surface area contributed by atoms with Gasteiger partial charge in [-0.1, -0.05) is 41.5 Å². The summed E-state index contributed by atoms with van der Waals surface area (Å²) in [6.45, 7) is 4.84. The zero-order valence-electron chi connectivity index (χ0n) is 18.2. The highest BCUT2D eigenvalue weighted by atomic mass is 79.9. The first-order valence-electron chi connectivity index (χ1n) is 10.0. The number of nitrogens with zero attached hydrogens (tertiary/aromatic N) is 1. The second-order valence-corrected chi connectivity index (χ2v) is 11.0. The molecule has 1 aliphatic rings. The summed E-state index contributed by atoms with van der Waals surface area (Å²) in [5.41, 5.74) is 3.72. The fraction of sp³-hybridized carbons (Fsp3) is 0.261. The molecular weight excluding hydrogens is 592 g/mol. The quantitative estimate of drug-likeness (QED) is 0.283. The van der Waals surface area contributed by atoms with Crippen LogP contribution in [0.25, 0.3) is 6.08 Å². The topological polar surface area (TPSA) is 67.9 Å². The molecule has 0 atom stereocenters. The lowest BCUT2D eigenvalue weighted by molar-refractivity contribution is -0.123. The van der Waals surface area contributed by atoms with E-state index in [0.29, 0.717) is 34.5 Å². The Morgan fingerprint density at radius 2 is 1.94 bits per heavy atom. The first-order chi connectivity index (χ1) is 15.7. The molecule has 2 aromatic carbocycles. The van der Waals surface area contributed by atoms with Gasteiger partial charge in [-0.25, -0.2) is 0 Å². The molecule has 1 aliphatic heterocycles. The zero-order valence-corrected chi connectivity index (χ0v) is 23.0. The summed E-state index contributed by atoms with van der Waals surface area (Å²) in [7, 11) is 1.57. The van der Waals surface area contributed by atoms with Crippen molar-refractivity contribution in [2.75, 3.05) is 13.7 Å². The summed E-state index contributed by atoms with van der Waals surface area (Å²) in [6.07, 6.45) is 2.63. The van der Waals surface area contributed by atoms with Crippen LogP contribution in [-0.2, 0) is 4.79 Å². The highest BCUT2D eigenvalue weighted by Crippen LogP contribution is 2.39. The van der Waals surface area contributed by atoms with Crippen molar-refractivity contribution in [2.24, 2.45) is 5.92 Å². The summed E-state index contributed by atoms with van der Waals surface area (Å²) in [5, 5.41) is 1.09. The maximum absolute atomic E-state index is 12.9. The maximum atomic E-state index is 12.9. The molecule has 1 N–H and O–H groups in total. The molecule has 0 saturated carbocycles. The predicted octanol–water partition coefficient (Wildman–Crippen LogP) is 6.19. The third-order valence-corrected chi connectivity index (χ3v) is 7.02. The first kappa shape index (κ1) is 25.7. The van der Waals surface area contributed by atoms with E-state index in [0.717, 1.165) is 37.7 Å². The minimum absolute atomic E-state index is 0.247. The fourth-order valence-electron chi connectivity index (χ4n) is 2.84. The number of thiocarbonyl (C=S) groups is 1. The van der Waals surface area contributed by atoms with Crippen LogP contribution in [0.5, 0.6) is 11.5 Å². The summed E-state index contributed by atoms with van der Waals surface area (Å²) < 4.78 is 13.2. The number of carbonyl (C=O) groups is 2. The Balaban J connectivity index is 1.77. The molecule has 0 aromatic heterocycles. The summed E-state index contributed by atoms with van der Waals surface area (Å²) in [4.78, 5) is 25.8. The van der Waals surface area contributed by atoms with Crippen LogP contribution in [-0.4, -0.2) is 34.9 Å². The number of hydrazine groups is 1. The van der Waals surface area contributed by atoms with Gasteiger partial charge >= 0.3 is 0 Å². The molecule has 1 saturated heterocycles. The van der Waals surface area contributed by atoms with Crippen molar-refractivity contribution < 1.29 is 19.1 Å². The fourth-order valence-corrected chi connectivity index (χ4v) is 4.86. The smallest absolute Gasteiger partial charge is 0.285 e. The minimum atomic E-state index is -0.424. The minimum Gasteiger partial charge on any atom is -0.493 e. The third-order valence-electron chi connectivity index (χ3n) is 4.60. The van der Waals surface area contributed by atoms with E-state index in [4.69, 9.17) is 21.7 Å². The van der Waals surface area contributed by atoms with E-state index in [1.54, 1.807) is 43.5 Å². The van der Waals surface area contributed by atoms with E-state index < -0.39 is 11.8 Å². The van der Waals surface area contributed by atoms with Crippen molar-refractivity contribution in [3.63, 3.8) is 0 Å². The Hall–Kier alpha value is -1.88. The zero-order chi connectivity index (χ0) is 24.1. The van der Waals surface area contributed by atoms with Gasteiger partial charge in [0.1, 0.15) is 0 Å². The molecular formula is C23H22Br2N2O4S2. The van der Waals surface area contributed by atoms with E-state index in [-0.39, 0.29) is 4.32 Å². The summed E-state index contributed by atoms with van der Waals surface area (Å²) in [6, 6.07) is 10.5. The molecule has 6 nitrogen and oxygen atoms in total. The number of methoxy groups -OCH3 is 1. The van der Waals surface area contributed by atoms with Gasteiger partial charge in [-0.3, -0.25) is 15.0 Å². The van der Waals surface area contributed by atoms with E-state index in [9.17, 15) is 9.59 Å². The lowest BCUT2D eigenvalue weighted by atomic mass is 10.1. The molecule has 0 unspecified atom stereocenters. The molecule has 10 heteroatoms. The Morgan fingerprint density at radius 3 is 2.58 bits per heavy atom. The van der Waals surface area contributed by atoms with Crippen LogP contribution >= 0.6 is 55.8 Å². The molecule has 3 rings (SSSR count). The summed E-state index contributed by atoms with van der Waals surface area (Å²) in [5.74, 6) is 0.874. The van der Waals surface area contributed by atoms with E-state index in [1.165, 1.54) is 0 Å². The number of amides is 2. The highest BCUT2D eigenvalue weighted by molar-refractivity contribution is 9.10. The van der Waals surface area contributed by atoms with Crippen LogP contribution in [0, 0.1) is 5.92 Å². The van der Waals surface area contributed by atoms with E-state index >= 15 is 0 Å². The number of ether oxygens (including phenoxy) is 2. The van der Waals surface area contributed by atoms with Crippen LogP contribution in [0.1, 0.15) is 36.2 Å². The molecule has 2 amide bonds. The second-order valence-electron chi connectivity index (χ2n) is 7.53. The number of hydrogen-bond donors (Lipinski definition) is 1. The third kappa shape index (κ3) is 6.59. The molecule has 0 radical (unpaired) electrons. The van der Waals surface area contributed by atoms with Gasteiger partial charge in [0.25, 0.3) is 11.8 Å². The Labute approximate surface area is 219 Å². The molecule has 1 heterocycles. The van der Waals surface area contributed by atoms with Gasteiger partial charge in [-0.2, -0.15) is 5.01 Å². The van der Waals surface area contributed by atoms with Gasteiger partial charge in [0.05, 0.1) is 23.1 Å². The van der Waals surface area contributed by atoms with Gasteiger partial charge < -0.3 is 9.47 Å². The van der Waals surface area contributed by atoms with Crippen molar-refractivity contribution in [3.8, 4) is 11.5 Å². The average Bonchev–Trinajstić information content (AvgIpc) is 3.02. The van der Waals surface area contributed by atoms with Crippen molar-refractivity contribution in [1.82, 2.24) is 10.4 Å². The van der Waals surface area contributed by atoms with Crippen LogP contribution in [0.15, 0.2) is 50.2 Å². The Bertz CT molecular complexity index is 1100. The van der Waals surface area contributed by atoms with Crippen molar-refractivity contribution >= 4 is 78.1 Å². The molecule has 33 heavy (non-hydrogen) atoms.